The first kappa shape index (κ1) is 17.8. The number of thiocarbonyl (C=S) groups is 1. The molecule has 4 aromatic rings. The molecule has 0 radical (unpaired) electrons. The molecule has 0 aliphatic carbocycles. The molecule has 1 saturated heterocycles. The SMILES string of the molecule is S=C1N[C@H](c2ccccn2)[C@@H](c2cccn2Cc2ccco2)N1Cc1ccco1. The molecule has 0 saturated carbocycles. The Bertz CT molecular complexity index is 1070. The highest BCUT2D eigenvalue weighted by Crippen LogP contribution is 2.39. The van der Waals surface area contributed by atoms with Crippen LogP contribution in [-0.4, -0.2) is 19.6 Å². The van der Waals surface area contributed by atoms with E-state index in [-0.39, 0.29) is 12.1 Å². The van der Waals surface area contributed by atoms with E-state index in [9.17, 15) is 0 Å². The lowest BCUT2D eigenvalue weighted by atomic mass is 10.0. The van der Waals surface area contributed by atoms with Gasteiger partial charge in [-0.2, -0.15) is 0 Å². The van der Waals surface area contributed by atoms with Crippen LogP contribution >= 0.6 is 12.2 Å². The monoisotopic (exact) mass is 404 g/mol. The largest absolute Gasteiger partial charge is 0.467 e. The number of nitrogens with zero attached hydrogens (tertiary/aromatic N) is 3. The van der Waals surface area contributed by atoms with E-state index in [4.69, 9.17) is 21.1 Å². The number of aromatic nitrogens is 2. The Hall–Kier alpha value is -3.32. The van der Waals surface area contributed by atoms with Gasteiger partial charge >= 0.3 is 0 Å². The first-order chi connectivity index (χ1) is 14.3. The van der Waals surface area contributed by atoms with Gasteiger partial charge in [0, 0.05) is 18.1 Å². The van der Waals surface area contributed by atoms with E-state index >= 15 is 0 Å². The maximum Gasteiger partial charge on any atom is 0.170 e. The lowest BCUT2D eigenvalue weighted by Gasteiger charge is -2.28. The Balaban J connectivity index is 1.55. The second-order valence-electron chi connectivity index (χ2n) is 6.97. The van der Waals surface area contributed by atoms with Crippen molar-refractivity contribution in [1.29, 1.82) is 0 Å². The Morgan fingerprint density at radius 1 is 0.931 bits per heavy atom. The van der Waals surface area contributed by atoms with E-state index in [0.717, 1.165) is 22.9 Å². The fourth-order valence-corrected chi connectivity index (χ4v) is 4.18. The standard InChI is InChI=1S/C22H20N4O2S/c29-22-24-20(18-8-1-2-10-23-18)21(26(22)15-17-7-5-13-28-17)19-9-3-11-25(19)14-16-6-4-12-27-16/h1-13,20-21H,14-15H2,(H,24,29)/t20-,21-/m1/s1. The summed E-state index contributed by atoms with van der Waals surface area (Å²) in [7, 11) is 0. The third kappa shape index (κ3) is 3.45. The Morgan fingerprint density at radius 3 is 2.41 bits per heavy atom. The van der Waals surface area contributed by atoms with Crippen molar-refractivity contribution in [3.8, 4) is 0 Å². The van der Waals surface area contributed by atoms with E-state index < -0.39 is 0 Å². The van der Waals surface area contributed by atoms with Crippen molar-refractivity contribution in [1.82, 2.24) is 19.8 Å². The van der Waals surface area contributed by atoms with Gasteiger partial charge in [-0.3, -0.25) is 4.98 Å². The topological polar surface area (TPSA) is 59.4 Å². The molecule has 0 bridgehead atoms. The zero-order chi connectivity index (χ0) is 19.6. The van der Waals surface area contributed by atoms with Crippen molar-refractivity contribution < 1.29 is 8.83 Å². The Kier molecular flexibility index (Phi) is 4.65. The highest BCUT2D eigenvalue weighted by Gasteiger charge is 2.41. The van der Waals surface area contributed by atoms with Gasteiger partial charge in [-0.1, -0.05) is 6.07 Å². The van der Waals surface area contributed by atoms with Crippen molar-refractivity contribution >= 4 is 17.3 Å². The number of nitrogens with one attached hydrogen (secondary N) is 1. The molecule has 1 aliphatic rings. The lowest BCUT2D eigenvalue weighted by molar-refractivity contribution is 0.276. The van der Waals surface area contributed by atoms with Gasteiger partial charge in [-0.05, 0) is 60.7 Å². The summed E-state index contributed by atoms with van der Waals surface area (Å²) in [5, 5.41) is 4.16. The summed E-state index contributed by atoms with van der Waals surface area (Å²) in [5.74, 6) is 1.77. The van der Waals surface area contributed by atoms with E-state index in [0.29, 0.717) is 18.2 Å². The van der Waals surface area contributed by atoms with Gasteiger partial charge in [-0.15, -0.1) is 0 Å². The Labute approximate surface area is 173 Å². The second kappa shape index (κ2) is 7.60. The number of pyridine rings is 1. The molecular formula is C22H20N4O2S. The van der Waals surface area contributed by atoms with Gasteiger partial charge in [0.25, 0.3) is 0 Å². The van der Waals surface area contributed by atoms with Gasteiger partial charge < -0.3 is 23.6 Å². The predicted octanol–water partition coefficient (Wildman–Crippen LogP) is 4.29. The van der Waals surface area contributed by atoms with Crippen LogP contribution < -0.4 is 5.32 Å². The molecule has 6 nitrogen and oxygen atoms in total. The van der Waals surface area contributed by atoms with E-state index in [2.05, 4.69) is 38.1 Å². The zero-order valence-electron chi connectivity index (χ0n) is 15.6. The summed E-state index contributed by atoms with van der Waals surface area (Å²) in [4.78, 5) is 6.76. The maximum atomic E-state index is 5.72. The molecule has 1 aliphatic heterocycles. The molecule has 5 rings (SSSR count). The van der Waals surface area contributed by atoms with E-state index in [1.807, 2.05) is 48.7 Å². The minimum absolute atomic E-state index is 0.0348. The van der Waals surface area contributed by atoms with Crippen molar-refractivity contribution in [3.63, 3.8) is 0 Å². The van der Waals surface area contributed by atoms with Gasteiger partial charge in [0.2, 0.25) is 0 Å². The van der Waals surface area contributed by atoms with Crippen molar-refractivity contribution in [2.45, 2.75) is 25.2 Å². The molecule has 0 aromatic carbocycles. The molecule has 2 atom stereocenters. The molecule has 1 N–H and O–H groups in total. The number of hydrogen-bond donors (Lipinski definition) is 1. The normalized spacial score (nSPS) is 18.9. The quantitative estimate of drug-likeness (QED) is 0.484. The minimum Gasteiger partial charge on any atom is -0.467 e. The summed E-state index contributed by atoms with van der Waals surface area (Å²) >= 11 is 5.72. The van der Waals surface area contributed by atoms with Crippen molar-refractivity contribution in [2.24, 2.45) is 0 Å². The molecule has 29 heavy (non-hydrogen) atoms. The first-order valence-electron chi connectivity index (χ1n) is 9.47. The molecule has 7 heteroatoms. The second-order valence-corrected chi connectivity index (χ2v) is 7.36. The van der Waals surface area contributed by atoms with Crippen LogP contribution in [0.4, 0.5) is 0 Å². The van der Waals surface area contributed by atoms with Gasteiger partial charge in [0.1, 0.15) is 11.5 Å². The van der Waals surface area contributed by atoms with E-state index in [1.54, 1.807) is 12.5 Å². The van der Waals surface area contributed by atoms with Crippen LogP contribution in [0.2, 0.25) is 0 Å². The highest BCUT2D eigenvalue weighted by atomic mass is 32.1. The summed E-state index contributed by atoms with van der Waals surface area (Å²) in [5.41, 5.74) is 2.09. The third-order valence-electron chi connectivity index (χ3n) is 5.18. The van der Waals surface area contributed by atoms with Crippen LogP contribution in [0.5, 0.6) is 0 Å². The Morgan fingerprint density at radius 2 is 1.72 bits per heavy atom. The van der Waals surface area contributed by atoms with Gasteiger partial charge in [0.05, 0.1) is 43.4 Å². The van der Waals surface area contributed by atoms with Crippen LogP contribution in [-0.2, 0) is 13.1 Å². The van der Waals surface area contributed by atoms with Gasteiger partial charge in [0.15, 0.2) is 5.11 Å². The molecule has 4 aromatic heterocycles. The smallest absolute Gasteiger partial charge is 0.170 e. The lowest BCUT2D eigenvalue weighted by Crippen LogP contribution is -2.30. The molecule has 0 amide bonds. The maximum absolute atomic E-state index is 5.72. The molecule has 0 unspecified atom stereocenters. The number of hydrogen-bond acceptors (Lipinski definition) is 4. The fourth-order valence-electron chi connectivity index (χ4n) is 3.88. The highest BCUT2D eigenvalue weighted by molar-refractivity contribution is 7.80. The zero-order valence-corrected chi connectivity index (χ0v) is 16.5. The fraction of sp³-hybridized carbons (Fsp3) is 0.182. The molecular weight excluding hydrogens is 384 g/mol. The van der Waals surface area contributed by atoms with Crippen LogP contribution in [0.25, 0.3) is 0 Å². The van der Waals surface area contributed by atoms with Crippen molar-refractivity contribution in [3.05, 3.63) is 102 Å². The van der Waals surface area contributed by atoms with Crippen molar-refractivity contribution in [2.75, 3.05) is 0 Å². The summed E-state index contributed by atoms with van der Waals surface area (Å²) in [6.45, 7) is 1.24. The van der Waals surface area contributed by atoms with Crippen LogP contribution in [0, 0.1) is 0 Å². The predicted molar refractivity (Wildman–Crippen MR) is 112 cm³/mol. The van der Waals surface area contributed by atoms with Gasteiger partial charge in [-0.25, -0.2) is 0 Å². The third-order valence-corrected chi connectivity index (χ3v) is 5.53. The summed E-state index contributed by atoms with van der Waals surface area (Å²) < 4.78 is 13.4. The number of rotatable bonds is 6. The van der Waals surface area contributed by atoms with Crippen LogP contribution in [0.15, 0.2) is 88.4 Å². The average Bonchev–Trinajstić information content (AvgIpc) is 3.53. The van der Waals surface area contributed by atoms with E-state index in [1.165, 1.54) is 0 Å². The molecule has 0 spiro atoms. The number of furan rings is 2. The van der Waals surface area contributed by atoms with Crippen LogP contribution in [0.1, 0.15) is 35.0 Å². The average molecular weight is 404 g/mol. The molecule has 5 heterocycles. The molecule has 1 fully saturated rings. The van der Waals surface area contributed by atoms with Crippen LogP contribution in [0.3, 0.4) is 0 Å². The minimum atomic E-state index is -0.0658. The first-order valence-corrected chi connectivity index (χ1v) is 9.88. The molecule has 146 valence electrons. The summed E-state index contributed by atoms with van der Waals surface area (Å²) in [6, 6.07) is 17.8. The summed E-state index contributed by atoms with van der Waals surface area (Å²) in [6.07, 6.45) is 7.27.